The van der Waals surface area contributed by atoms with Crippen LogP contribution in [0.15, 0.2) is 77.7 Å². The zero-order chi connectivity index (χ0) is 28.6. The van der Waals surface area contributed by atoms with Crippen LogP contribution in [-0.2, 0) is 26.2 Å². The Hall–Kier alpha value is -3.27. The number of benzene rings is 3. The molecule has 2 amide bonds. The van der Waals surface area contributed by atoms with E-state index in [1.54, 1.807) is 50.2 Å². The number of sulfonamides is 1. The summed E-state index contributed by atoms with van der Waals surface area (Å²) in [4.78, 5) is 28.3. The number of halogens is 2. The van der Waals surface area contributed by atoms with Gasteiger partial charge >= 0.3 is 0 Å². The van der Waals surface area contributed by atoms with Crippen molar-refractivity contribution in [2.45, 2.75) is 37.8 Å². The molecule has 0 saturated carbocycles. The lowest BCUT2D eigenvalue weighted by atomic mass is 10.1. The van der Waals surface area contributed by atoms with Crippen molar-refractivity contribution in [3.8, 4) is 5.75 Å². The van der Waals surface area contributed by atoms with Crippen LogP contribution in [0.3, 0.4) is 0 Å². The summed E-state index contributed by atoms with van der Waals surface area (Å²) in [6.07, 6.45) is 0.314. The summed E-state index contributed by atoms with van der Waals surface area (Å²) in [7, 11) is -2.72. The first-order valence-electron chi connectivity index (χ1n) is 12.3. The number of hydrogen-bond acceptors (Lipinski definition) is 5. The standard InChI is InChI=1S/C28H31Cl2N3O5S/c1-4-26(28(35)31-5-2)32(18-20-8-6-7-9-25(20)30)27(34)19-33(22-12-10-21(29)11-13-22)39(36,37)24-16-14-23(38-3)15-17-24/h6-17,26H,4-5,18-19H2,1-3H3,(H,31,35)/t26-/m0/s1. The van der Waals surface area contributed by atoms with E-state index in [0.29, 0.717) is 34.3 Å². The minimum absolute atomic E-state index is 0.0190. The maximum atomic E-state index is 13.9. The normalized spacial score (nSPS) is 11.9. The Kier molecular flexibility index (Phi) is 10.6. The molecule has 0 unspecified atom stereocenters. The van der Waals surface area contributed by atoms with Crippen LogP contribution in [0.5, 0.6) is 5.75 Å². The molecule has 0 aliphatic rings. The summed E-state index contributed by atoms with van der Waals surface area (Å²) in [5.41, 5.74) is 0.874. The van der Waals surface area contributed by atoms with E-state index < -0.39 is 28.5 Å². The molecule has 39 heavy (non-hydrogen) atoms. The Balaban J connectivity index is 2.06. The molecule has 0 heterocycles. The number of amides is 2. The van der Waals surface area contributed by atoms with Crippen LogP contribution in [0.2, 0.25) is 10.0 Å². The monoisotopic (exact) mass is 591 g/mol. The first-order valence-corrected chi connectivity index (χ1v) is 14.5. The minimum atomic E-state index is -4.20. The number of carbonyl (C=O) groups is 2. The Labute approximate surface area is 239 Å². The van der Waals surface area contributed by atoms with E-state index in [1.165, 1.54) is 48.4 Å². The topological polar surface area (TPSA) is 96.0 Å². The lowest BCUT2D eigenvalue weighted by molar-refractivity contribution is -0.140. The third kappa shape index (κ3) is 7.44. The van der Waals surface area contributed by atoms with Gasteiger partial charge in [-0.2, -0.15) is 0 Å². The average Bonchev–Trinajstić information content (AvgIpc) is 2.93. The molecule has 1 N–H and O–H groups in total. The third-order valence-corrected chi connectivity index (χ3v) is 8.49. The molecule has 0 saturated heterocycles. The van der Waals surface area contributed by atoms with E-state index in [2.05, 4.69) is 5.32 Å². The number of hydrogen-bond donors (Lipinski definition) is 1. The second-order valence-electron chi connectivity index (χ2n) is 8.60. The van der Waals surface area contributed by atoms with Crippen LogP contribution in [0.25, 0.3) is 0 Å². The van der Waals surface area contributed by atoms with Crippen molar-refractivity contribution >= 4 is 50.7 Å². The minimum Gasteiger partial charge on any atom is -0.497 e. The SMILES string of the molecule is CCNC(=O)[C@H](CC)N(Cc1ccccc1Cl)C(=O)CN(c1ccc(Cl)cc1)S(=O)(=O)c1ccc(OC)cc1. The van der Waals surface area contributed by atoms with Crippen molar-refractivity contribution in [1.82, 2.24) is 10.2 Å². The van der Waals surface area contributed by atoms with Crippen molar-refractivity contribution in [2.24, 2.45) is 0 Å². The number of nitrogens with one attached hydrogen (secondary N) is 1. The number of rotatable bonds is 12. The van der Waals surface area contributed by atoms with Gasteiger partial charge in [0.15, 0.2) is 0 Å². The molecular formula is C28H31Cl2N3O5S. The summed E-state index contributed by atoms with van der Waals surface area (Å²) in [5, 5.41) is 3.61. The summed E-state index contributed by atoms with van der Waals surface area (Å²) in [5.74, 6) is -0.418. The highest BCUT2D eigenvalue weighted by atomic mass is 35.5. The molecule has 0 aromatic heterocycles. The van der Waals surface area contributed by atoms with Gasteiger partial charge in [0.1, 0.15) is 18.3 Å². The molecular weight excluding hydrogens is 561 g/mol. The second-order valence-corrected chi connectivity index (χ2v) is 11.3. The lowest BCUT2D eigenvalue weighted by Gasteiger charge is -2.33. The summed E-state index contributed by atoms with van der Waals surface area (Å²) in [6.45, 7) is 3.42. The molecule has 0 bridgehead atoms. The molecule has 0 aliphatic heterocycles. The zero-order valence-corrected chi connectivity index (χ0v) is 24.3. The Bertz CT molecular complexity index is 1380. The number of likely N-dealkylation sites (N-methyl/N-ethyl adjacent to an activating group) is 1. The summed E-state index contributed by atoms with van der Waals surface area (Å²) >= 11 is 12.4. The van der Waals surface area contributed by atoms with E-state index in [4.69, 9.17) is 27.9 Å². The van der Waals surface area contributed by atoms with E-state index in [0.717, 1.165) is 4.31 Å². The molecule has 0 aliphatic carbocycles. The summed E-state index contributed by atoms with van der Waals surface area (Å²) in [6, 6.07) is 18.2. The van der Waals surface area contributed by atoms with Crippen molar-refractivity contribution in [3.05, 3.63) is 88.4 Å². The van der Waals surface area contributed by atoms with Gasteiger partial charge in [-0.25, -0.2) is 8.42 Å². The maximum Gasteiger partial charge on any atom is 0.264 e. The van der Waals surface area contributed by atoms with Gasteiger partial charge in [0, 0.05) is 23.1 Å². The fourth-order valence-electron chi connectivity index (χ4n) is 4.03. The van der Waals surface area contributed by atoms with Gasteiger partial charge in [0.25, 0.3) is 10.0 Å². The van der Waals surface area contributed by atoms with Crippen LogP contribution in [0, 0.1) is 0 Å². The smallest absolute Gasteiger partial charge is 0.264 e. The zero-order valence-electron chi connectivity index (χ0n) is 21.9. The van der Waals surface area contributed by atoms with E-state index >= 15 is 0 Å². The molecule has 3 rings (SSSR count). The second kappa shape index (κ2) is 13.7. The molecule has 0 radical (unpaired) electrons. The predicted molar refractivity (Wildman–Crippen MR) is 154 cm³/mol. The Morgan fingerprint density at radius 1 is 0.949 bits per heavy atom. The maximum absolute atomic E-state index is 13.9. The van der Waals surface area contributed by atoms with Crippen molar-refractivity contribution in [1.29, 1.82) is 0 Å². The molecule has 8 nitrogen and oxygen atoms in total. The Morgan fingerprint density at radius 2 is 1.59 bits per heavy atom. The largest absolute Gasteiger partial charge is 0.497 e. The van der Waals surface area contributed by atoms with Gasteiger partial charge in [-0.15, -0.1) is 0 Å². The highest BCUT2D eigenvalue weighted by Gasteiger charge is 2.33. The van der Waals surface area contributed by atoms with E-state index in [1.807, 2.05) is 0 Å². The number of anilines is 1. The van der Waals surface area contributed by atoms with Gasteiger partial charge in [-0.1, -0.05) is 48.3 Å². The van der Waals surface area contributed by atoms with Gasteiger partial charge in [-0.05, 0) is 73.5 Å². The highest BCUT2D eigenvalue weighted by molar-refractivity contribution is 7.92. The fraction of sp³-hybridized carbons (Fsp3) is 0.286. The van der Waals surface area contributed by atoms with Crippen LogP contribution in [-0.4, -0.2) is 51.4 Å². The van der Waals surface area contributed by atoms with Crippen molar-refractivity contribution in [3.63, 3.8) is 0 Å². The van der Waals surface area contributed by atoms with Gasteiger partial charge in [-0.3, -0.25) is 13.9 Å². The molecule has 3 aromatic rings. The van der Waals surface area contributed by atoms with Gasteiger partial charge in [0.05, 0.1) is 17.7 Å². The molecule has 0 fully saturated rings. The summed E-state index contributed by atoms with van der Waals surface area (Å²) < 4.78 is 33.9. The van der Waals surface area contributed by atoms with Crippen molar-refractivity contribution < 1.29 is 22.7 Å². The molecule has 208 valence electrons. The predicted octanol–water partition coefficient (Wildman–Crippen LogP) is 5.14. The van der Waals surface area contributed by atoms with Crippen LogP contribution < -0.4 is 14.4 Å². The van der Waals surface area contributed by atoms with Crippen molar-refractivity contribution in [2.75, 3.05) is 24.5 Å². The van der Waals surface area contributed by atoms with Gasteiger partial charge in [0.2, 0.25) is 11.8 Å². The molecule has 0 spiro atoms. The first kappa shape index (κ1) is 30.3. The fourth-order valence-corrected chi connectivity index (χ4v) is 5.77. The van der Waals surface area contributed by atoms with Crippen LogP contribution in [0.1, 0.15) is 25.8 Å². The molecule has 11 heteroatoms. The molecule has 3 aromatic carbocycles. The van der Waals surface area contributed by atoms with E-state index in [-0.39, 0.29) is 23.0 Å². The number of carbonyl (C=O) groups excluding carboxylic acids is 2. The van der Waals surface area contributed by atoms with E-state index in [9.17, 15) is 18.0 Å². The number of ether oxygens (including phenoxy) is 1. The Morgan fingerprint density at radius 3 is 2.15 bits per heavy atom. The highest BCUT2D eigenvalue weighted by Crippen LogP contribution is 2.27. The van der Waals surface area contributed by atoms with Crippen LogP contribution in [0.4, 0.5) is 5.69 Å². The first-order chi connectivity index (χ1) is 18.6. The lowest BCUT2D eigenvalue weighted by Crippen LogP contribution is -2.52. The quantitative estimate of drug-likeness (QED) is 0.314. The average molecular weight is 593 g/mol. The molecule has 1 atom stereocenters. The third-order valence-electron chi connectivity index (χ3n) is 6.08. The number of methoxy groups -OCH3 is 1. The van der Waals surface area contributed by atoms with Crippen LogP contribution >= 0.6 is 23.2 Å². The number of nitrogens with zero attached hydrogens (tertiary/aromatic N) is 2. The van der Waals surface area contributed by atoms with Gasteiger partial charge < -0.3 is 15.0 Å².